The number of allylic oxidation sites excluding steroid dienone is 2. The highest BCUT2D eigenvalue weighted by atomic mass is 16.4. The number of aryl methyl sites for hydroxylation is 1. The molecule has 0 bridgehead atoms. The van der Waals surface area contributed by atoms with Gasteiger partial charge in [0.2, 0.25) is 0 Å². The monoisotopic (exact) mass is 358 g/mol. The third-order valence-electron chi connectivity index (χ3n) is 4.03. The van der Waals surface area contributed by atoms with Gasteiger partial charge in [-0.15, -0.1) is 0 Å². The fourth-order valence-corrected chi connectivity index (χ4v) is 2.55. The maximum absolute atomic E-state index is 11.9. The van der Waals surface area contributed by atoms with E-state index in [0.717, 1.165) is 0 Å². The van der Waals surface area contributed by atoms with Gasteiger partial charge >= 0.3 is 11.9 Å². The van der Waals surface area contributed by atoms with Crippen molar-refractivity contribution in [1.29, 1.82) is 0 Å². The van der Waals surface area contributed by atoms with Crippen molar-refractivity contribution in [2.45, 2.75) is 39.5 Å². The molecule has 0 aliphatic rings. The summed E-state index contributed by atoms with van der Waals surface area (Å²) in [6.45, 7) is 10.3. The van der Waals surface area contributed by atoms with Crippen LogP contribution in [0.3, 0.4) is 0 Å². The molecule has 0 saturated heterocycles. The second-order valence-electron chi connectivity index (χ2n) is 6.14. The summed E-state index contributed by atoms with van der Waals surface area (Å²) >= 11 is 0. The Morgan fingerprint density at radius 1 is 0.846 bits per heavy atom. The summed E-state index contributed by atoms with van der Waals surface area (Å²) < 4.78 is 0. The second kappa shape index (κ2) is 8.89. The van der Waals surface area contributed by atoms with Crippen LogP contribution in [0.1, 0.15) is 58.5 Å². The van der Waals surface area contributed by atoms with Crippen LogP contribution in [0.15, 0.2) is 36.4 Å². The minimum absolute atomic E-state index is 0.0140. The first-order valence-electron chi connectivity index (χ1n) is 8.05. The molecule has 0 aliphatic carbocycles. The van der Waals surface area contributed by atoms with Crippen molar-refractivity contribution in [1.82, 2.24) is 0 Å². The van der Waals surface area contributed by atoms with Crippen LogP contribution in [0.25, 0.3) is 0 Å². The van der Waals surface area contributed by atoms with E-state index in [0.29, 0.717) is 16.7 Å². The summed E-state index contributed by atoms with van der Waals surface area (Å²) in [7, 11) is 0. The fourth-order valence-electron chi connectivity index (χ4n) is 2.55. The zero-order valence-electron chi connectivity index (χ0n) is 14.9. The lowest BCUT2D eigenvalue weighted by atomic mass is 9.89. The minimum Gasteiger partial charge on any atom is -0.478 e. The van der Waals surface area contributed by atoms with E-state index in [-0.39, 0.29) is 53.9 Å². The summed E-state index contributed by atoms with van der Waals surface area (Å²) in [6, 6.07) is 2.72. The van der Waals surface area contributed by atoms with Crippen LogP contribution in [0.5, 0.6) is 0 Å². The third-order valence-corrected chi connectivity index (χ3v) is 4.03. The molecule has 6 nitrogen and oxygen atoms in total. The Hall–Kier alpha value is -3.02. The Morgan fingerprint density at radius 2 is 1.35 bits per heavy atom. The lowest BCUT2D eigenvalue weighted by Gasteiger charge is -2.15. The molecule has 0 amide bonds. The van der Waals surface area contributed by atoms with E-state index >= 15 is 0 Å². The van der Waals surface area contributed by atoms with Crippen LogP contribution in [0, 0.1) is 0 Å². The standard InChI is InChI=1S/C20H22O6/c1-11(2)16(21)9-6-13-5-7-15(19(23)24)18(20(25)26)14(13)8-10-17(22)12(3)4/h5,7H,1,3,6,8-10H2,2,4H3,(H,23,24)(H,25,26). The maximum Gasteiger partial charge on any atom is 0.336 e. The zero-order chi connectivity index (χ0) is 20.0. The largest absolute Gasteiger partial charge is 0.478 e. The topological polar surface area (TPSA) is 109 Å². The van der Waals surface area contributed by atoms with Crippen molar-refractivity contribution >= 4 is 23.5 Å². The number of ketones is 2. The summed E-state index contributed by atoms with van der Waals surface area (Å²) in [4.78, 5) is 46.7. The summed E-state index contributed by atoms with van der Waals surface area (Å²) in [5.41, 5.74) is 0.857. The van der Waals surface area contributed by atoms with Gasteiger partial charge in [0, 0.05) is 12.8 Å². The SMILES string of the molecule is C=C(C)C(=O)CCc1ccc(C(=O)O)c(C(=O)O)c1CCC(=O)C(=C)C. The number of hydrogen-bond acceptors (Lipinski definition) is 4. The van der Waals surface area contributed by atoms with Gasteiger partial charge in [0.1, 0.15) is 0 Å². The molecule has 1 aromatic carbocycles. The minimum atomic E-state index is -1.38. The van der Waals surface area contributed by atoms with Crippen molar-refractivity contribution in [3.63, 3.8) is 0 Å². The number of carbonyl (C=O) groups is 4. The Bertz CT molecular complexity index is 801. The third kappa shape index (κ3) is 5.24. The average Bonchev–Trinajstić information content (AvgIpc) is 2.56. The molecule has 0 atom stereocenters. The molecule has 138 valence electrons. The van der Waals surface area contributed by atoms with Gasteiger partial charge in [-0.05, 0) is 55.0 Å². The van der Waals surface area contributed by atoms with Crippen LogP contribution >= 0.6 is 0 Å². The predicted octanol–water partition coefficient (Wildman–Crippen LogP) is 3.24. The molecule has 0 radical (unpaired) electrons. The Balaban J connectivity index is 3.36. The number of carboxylic acid groups (broad SMARTS) is 2. The van der Waals surface area contributed by atoms with Crippen LogP contribution < -0.4 is 0 Å². The highest BCUT2D eigenvalue weighted by Crippen LogP contribution is 2.24. The smallest absolute Gasteiger partial charge is 0.336 e. The van der Waals surface area contributed by atoms with E-state index < -0.39 is 11.9 Å². The Kier molecular flexibility index (Phi) is 7.19. The van der Waals surface area contributed by atoms with Crippen LogP contribution in [-0.2, 0) is 22.4 Å². The van der Waals surface area contributed by atoms with Gasteiger partial charge in [-0.25, -0.2) is 9.59 Å². The number of carboxylic acids is 2. The molecule has 6 heteroatoms. The van der Waals surface area contributed by atoms with E-state index in [1.54, 1.807) is 13.8 Å². The first kappa shape index (κ1) is 21.0. The van der Waals surface area contributed by atoms with Crippen molar-refractivity contribution in [3.8, 4) is 0 Å². The van der Waals surface area contributed by atoms with Gasteiger partial charge in [-0.1, -0.05) is 19.2 Å². The molecule has 0 unspecified atom stereocenters. The van der Waals surface area contributed by atoms with Gasteiger partial charge < -0.3 is 10.2 Å². The summed E-state index contributed by atoms with van der Waals surface area (Å²) in [6.07, 6.45) is 0.440. The highest BCUT2D eigenvalue weighted by Gasteiger charge is 2.23. The molecule has 0 fully saturated rings. The molecule has 0 aliphatic heterocycles. The van der Waals surface area contributed by atoms with E-state index in [2.05, 4.69) is 13.2 Å². The molecule has 0 heterocycles. The van der Waals surface area contributed by atoms with Crippen molar-refractivity contribution in [2.24, 2.45) is 0 Å². The molecule has 26 heavy (non-hydrogen) atoms. The quantitative estimate of drug-likeness (QED) is 0.622. The molecule has 0 aromatic heterocycles. The highest BCUT2D eigenvalue weighted by molar-refractivity contribution is 6.03. The van der Waals surface area contributed by atoms with Gasteiger partial charge in [0.15, 0.2) is 11.6 Å². The molecule has 2 N–H and O–H groups in total. The molecular weight excluding hydrogens is 336 g/mol. The van der Waals surface area contributed by atoms with Crippen LogP contribution in [0.2, 0.25) is 0 Å². The van der Waals surface area contributed by atoms with Crippen molar-refractivity contribution in [3.05, 3.63) is 58.7 Å². The van der Waals surface area contributed by atoms with Crippen molar-refractivity contribution < 1.29 is 29.4 Å². The van der Waals surface area contributed by atoms with E-state index in [4.69, 9.17) is 0 Å². The zero-order valence-corrected chi connectivity index (χ0v) is 14.9. The lowest BCUT2D eigenvalue weighted by Crippen LogP contribution is -2.15. The number of hydrogen-bond donors (Lipinski definition) is 2. The molecule has 0 spiro atoms. The number of Topliss-reactive ketones (excluding diaryl/α,β-unsaturated/α-hetero) is 2. The van der Waals surface area contributed by atoms with Crippen LogP contribution in [0.4, 0.5) is 0 Å². The Labute approximate surface area is 151 Å². The van der Waals surface area contributed by atoms with Gasteiger partial charge in [0.05, 0.1) is 11.1 Å². The molecule has 1 rings (SSSR count). The van der Waals surface area contributed by atoms with Gasteiger partial charge in [-0.2, -0.15) is 0 Å². The summed E-state index contributed by atoms with van der Waals surface area (Å²) in [5.74, 6) is -3.13. The first-order chi connectivity index (χ1) is 12.1. The average molecular weight is 358 g/mol. The number of rotatable bonds is 10. The van der Waals surface area contributed by atoms with Gasteiger partial charge in [-0.3, -0.25) is 9.59 Å². The predicted molar refractivity (Wildman–Crippen MR) is 96.6 cm³/mol. The molecule has 0 saturated carbocycles. The summed E-state index contributed by atoms with van der Waals surface area (Å²) in [5, 5.41) is 18.8. The normalized spacial score (nSPS) is 10.2. The maximum atomic E-state index is 11.9. The van der Waals surface area contributed by atoms with Crippen molar-refractivity contribution in [2.75, 3.05) is 0 Å². The molecule has 1 aromatic rings. The fraction of sp³-hybridized carbons (Fsp3) is 0.300. The number of carbonyl (C=O) groups excluding carboxylic acids is 2. The number of aromatic carboxylic acids is 2. The van der Waals surface area contributed by atoms with E-state index in [1.165, 1.54) is 12.1 Å². The van der Waals surface area contributed by atoms with Crippen LogP contribution in [-0.4, -0.2) is 33.7 Å². The first-order valence-corrected chi connectivity index (χ1v) is 8.05. The number of benzene rings is 1. The second-order valence-corrected chi connectivity index (χ2v) is 6.14. The van der Waals surface area contributed by atoms with Gasteiger partial charge in [0.25, 0.3) is 0 Å². The molecular formula is C20H22O6. The van der Waals surface area contributed by atoms with E-state index in [1.807, 2.05) is 0 Å². The van der Waals surface area contributed by atoms with E-state index in [9.17, 15) is 29.4 Å². The lowest BCUT2D eigenvalue weighted by molar-refractivity contribution is -0.116. The Morgan fingerprint density at radius 3 is 1.77 bits per heavy atom.